The Hall–Kier alpha value is -2.01. The monoisotopic (exact) mass is 286 g/mol. The van der Waals surface area contributed by atoms with E-state index in [0.717, 1.165) is 54.3 Å². The normalized spacial score (nSPS) is 20.1. The molecule has 1 fully saturated rings. The van der Waals surface area contributed by atoms with E-state index in [2.05, 4.69) is 10.3 Å². The van der Waals surface area contributed by atoms with Crippen LogP contribution in [0.25, 0.3) is 10.8 Å². The van der Waals surface area contributed by atoms with Crippen molar-refractivity contribution in [2.45, 2.75) is 12.8 Å². The molecule has 0 spiro atoms. The predicted octanol–water partition coefficient (Wildman–Crippen LogP) is 2.80. The first kappa shape index (κ1) is 12.7. The predicted molar refractivity (Wildman–Crippen MR) is 79.9 cm³/mol. The highest BCUT2D eigenvalue weighted by molar-refractivity contribution is 5.94. The summed E-state index contributed by atoms with van der Waals surface area (Å²) in [6.07, 6.45) is 4.11. The SMILES string of the molecule is c1cc2cc3c(cc2c(NCCC2CCOC2)n1)OCO3. The van der Waals surface area contributed by atoms with Crippen molar-refractivity contribution in [3.05, 3.63) is 24.4 Å². The molecule has 110 valence electrons. The molecule has 2 aliphatic rings. The molecule has 5 nitrogen and oxygen atoms in total. The van der Waals surface area contributed by atoms with E-state index < -0.39 is 0 Å². The molecule has 4 rings (SSSR count). The van der Waals surface area contributed by atoms with Crippen molar-refractivity contribution in [1.82, 2.24) is 4.98 Å². The average molecular weight is 286 g/mol. The van der Waals surface area contributed by atoms with Gasteiger partial charge in [-0.3, -0.25) is 0 Å². The van der Waals surface area contributed by atoms with E-state index in [1.54, 1.807) is 0 Å². The number of nitrogens with one attached hydrogen (secondary N) is 1. The Morgan fingerprint density at radius 1 is 1.24 bits per heavy atom. The molecule has 1 unspecified atom stereocenters. The molecule has 0 aliphatic carbocycles. The summed E-state index contributed by atoms with van der Waals surface area (Å²) in [6, 6.07) is 6.01. The second kappa shape index (κ2) is 5.41. The zero-order chi connectivity index (χ0) is 14.1. The molecular weight excluding hydrogens is 268 g/mol. The molecule has 0 radical (unpaired) electrons. The van der Waals surface area contributed by atoms with Gasteiger partial charge >= 0.3 is 0 Å². The molecule has 1 aromatic heterocycles. The first-order valence-corrected chi connectivity index (χ1v) is 7.40. The van der Waals surface area contributed by atoms with E-state index in [9.17, 15) is 0 Å². The number of hydrogen-bond donors (Lipinski definition) is 1. The number of aromatic nitrogens is 1. The van der Waals surface area contributed by atoms with E-state index >= 15 is 0 Å². The summed E-state index contributed by atoms with van der Waals surface area (Å²) in [5, 5.41) is 5.63. The van der Waals surface area contributed by atoms with Crippen molar-refractivity contribution in [2.24, 2.45) is 5.92 Å². The van der Waals surface area contributed by atoms with Crippen LogP contribution in [0.1, 0.15) is 12.8 Å². The first-order valence-electron chi connectivity index (χ1n) is 7.40. The minimum atomic E-state index is 0.295. The third kappa shape index (κ3) is 2.49. The van der Waals surface area contributed by atoms with Crippen LogP contribution in [0.2, 0.25) is 0 Å². The molecule has 1 aromatic carbocycles. The molecule has 3 heterocycles. The largest absolute Gasteiger partial charge is 0.454 e. The minimum Gasteiger partial charge on any atom is -0.454 e. The zero-order valence-corrected chi connectivity index (χ0v) is 11.8. The summed E-state index contributed by atoms with van der Waals surface area (Å²) < 4.78 is 16.3. The molecular formula is C16H18N2O3. The number of ether oxygens (including phenoxy) is 3. The molecule has 2 aromatic rings. The quantitative estimate of drug-likeness (QED) is 0.936. The Morgan fingerprint density at radius 3 is 3.00 bits per heavy atom. The highest BCUT2D eigenvalue weighted by atomic mass is 16.7. The number of benzene rings is 1. The van der Waals surface area contributed by atoms with Gasteiger partial charge in [-0.15, -0.1) is 0 Å². The van der Waals surface area contributed by atoms with Crippen LogP contribution < -0.4 is 14.8 Å². The summed E-state index contributed by atoms with van der Waals surface area (Å²) in [5.41, 5.74) is 0. The van der Waals surface area contributed by atoms with Crippen molar-refractivity contribution < 1.29 is 14.2 Å². The number of nitrogens with zero attached hydrogens (tertiary/aromatic N) is 1. The Bertz CT molecular complexity index is 653. The van der Waals surface area contributed by atoms with Crippen molar-refractivity contribution >= 4 is 16.6 Å². The fourth-order valence-corrected chi connectivity index (χ4v) is 2.91. The highest BCUT2D eigenvalue weighted by Gasteiger charge is 2.17. The molecule has 1 saturated heterocycles. The van der Waals surface area contributed by atoms with Crippen LogP contribution >= 0.6 is 0 Å². The molecule has 5 heteroatoms. The summed E-state index contributed by atoms with van der Waals surface area (Å²) in [6.45, 7) is 3.00. The van der Waals surface area contributed by atoms with Crippen LogP contribution in [0, 0.1) is 5.92 Å². The van der Waals surface area contributed by atoms with Crippen molar-refractivity contribution in [3.8, 4) is 11.5 Å². The van der Waals surface area contributed by atoms with Gasteiger partial charge in [-0.1, -0.05) is 0 Å². The first-order chi connectivity index (χ1) is 10.4. The number of anilines is 1. The Morgan fingerprint density at radius 2 is 2.14 bits per heavy atom. The fourth-order valence-electron chi connectivity index (χ4n) is 2.91. The van der Waals surface area contributed by atoms with Crippen molar-refractivity contribution in [2.75, 3.05) is 31.9 Å². The molecule has 2 aliphatic heterocycles. The Kier molecular flexibility index (Phi) is 3.27. The van der Waals surface area contributed by atoms with Gasteiger partial charge in [0.2, 0.25) is 6.79 Å². The van der Waals surface area contributed by atoms with Crippen LogP contribution in [-0.4, -0.2) is 31.5 Å². The summed E-state index contributed by atoms with van der Waals surface area (Å²) in [4.78, 5) is 4.46. The smallest absolute Gasteiger partial charge is 0.231 e. The van der Waals surface area contributed by atoms with Crippen molar-refractivity contribution in [1.29, 1.82) is 0 Å². The molecule has 0 amide bonds. The lowest BCUT2D eigenvalue weighted by molar-refractivity contribution is 0.174. The minimum absolute atomic E-state index is 0.295. The van der Waals surface area contributed by atoms with E-state index in [0.29, 0.717) is 12.7 Å². The maximum atomic E-state index is 5.45. The molecule has 0 saturated carbocycles. The van der Waals surface area contributed by atoms with E-state index in [4.69, 9.17) is 14.2 Å². The van der Waals surface area contributed by atoms with Gasteiger partial charge in [0, 0.05) is 31.3 Å². The lowest BCUT2D eigenvalue weighted by Gasteiger charge is -2.11. The third-order valence-corrected chi connectivity index (χ3v) is 4.13. The Labute approximate surface area is 123 Å². The third-order valence-electron chi connectivity index (χ3n) is 4.13. The maximum absolute atomic E-state index is 5.45. The van der Waals surface area contributed by atoms with Crippen molar-refractivity contribution in [3.63, 3.8) is 0 Å². The standard InChI is InChI=1S/C16H18N2O3/c1(11-3-6-19-9-11)4-17-16-13-8-15-14(20-10-21-15)7-12(13)2-5-18-16/h2,5,7-8,11H,1,3-4,6,9-10H2,(H,17,18). The van der Waals surface area contributed by atoms with E-state index in [-0.39, 0.29) is 0 Å². The van der Waals surface area contributed by atoms with E-state index in [1.165, 1.54) is 6.42 Å². The number of hydrogen-bond acceptors (Lipinski definition) is 5. The number of rotatable bonds is 4. The van der Waals surface area contributed by atoms with Crippen LogP contribution in [0.3, 0.4) is 0 Å². The summed E-state index contributed by atoms with van der Waals surface area (Å²) in [5.74, 6) is 3.18. The number of fused-ring (bicyclic) bond motifs is 2. The van der Waals surface area contributed by atoms with Gasteiger partial charge in [0.05, 0.1) is 0 Å². The molecule has 21 heavy (non-hydrogen) atoms. The van der Waals surface area contributed by atoms with Gasteiger partial charge in [0.15, 0.2) is 11.5 Å². The second-order valence-electron chi connectivity index (χ2n) is 5.53. The van der Waals surface area contributed by atoms with Gasteiger partial charge in [0.1, 0.15) is 5.82 Å². The van der Waals surface area contributed by atoms with Crippen LogP contribution in [0.5, 0.6) is 11.5 Å². The summed E-state index contributed by atoms with van der Waals surface area (Å²) in [7, 11) is 0. The lowest BCUT2D eigenvalue weighted by Crippen LogP contribution is -2.10. The summed E-state index contributed by atoms with van der Waals surface area (Å²) >= 11 is 0. The van der Waals surface area contributed by atoms with Gasteiger partial charge in [-0.05, 0) is 42.3 Å². The molecule has 1 atom stereocenters. The molecule has 1 N–H and O–H groups in total. The van der Waals surface area contributed by atoms with Gasteiger partial charge in [-0.25, -0.2) is 4.98 Å². The van der Waals surface area contributed by atoms with E-state index in [1.807, 2.05) is 24.4 Å². The lowest BCUT2D eigenvalue weighted by atomic mass is 10.1. The Balaban J connectivity index is 1.53. The number of pyridine rings is 1. The van der Waals surface area contributed by atoms with Gasteiger partial charge < -0.3 is 19.5 Å². The van der Waals surface area contributed by atoms with Gasteiger partial charge in [0.25, 0.3) is 0 Å². The highest BCUT2D eigenvalue weighted by Crippen LogP contribution is 2.37. The van der Waals surface area contributed by atoms with Crippen LogP contribution in [0.15, 0.2) is 24.4 Å². The van der Waals surface area contributed by atoms with Crippen LogP contribution in [0.4, 0.5) is 5.82 Å². The average Bonchev–Trinajstić information content (AvgIpc) is 3.16. The van der Waals surface area contributed by atoms with Crippen LogP contribution in [-0.2, 0) is 4.74 Å². The second-order valence-corrected chi connectivity index (χ2v) is 5.53. The fraction of sp³-hybridized carbons (Fsp3) is 0.438. The zero-order valence-electron chi connectivity index (χ0n) is 11.8. The maximum Gasteiger partial charge on any atom is 0.231 e. The van der Waals surface area contributed by atoms with Gasteiger partial charge in [-0.2, -0.15) is 0 Å². The molecule has 0 bridgehead atoms. The topological polar surface area (TPSA) is 52.6 Å².